The quantitative estimate of drug-likeness (QED) is 0.650. The first-order valence-electron chi connectivity index (χ1n) is 9.86. The second-order valence-electron chi connectivity index (χ2n) is 7.18. The van der Waals surface area contributed by atoms with Gasteiger partial charge in [-0.25, -0.2) is 9.48 Å². The molecule has 3 rings (SSSR count). The van der Waals surface area contributed by atoms with Gasteiger partial charge in [0, 0.05) is 25.0 Å². The number of anilines is 1. The Bertz CT molecular complexity index is 896. The SMILES string of the molecule is CCn1cc(NC(=O)c2ccnn2C(C)C(=O)O)c(C(=O)NC2CCCCC2)n1. The smallest absolute Gasteiger partial charge is 0.328 e. The zero-order chi connectivity index (χ0) is 21.0. The fourth-order valence-electron chi connectivity index (χ4n) is 3.44. The molecule has 10 heteroatoms. The van der Waals surface area contributed by atoms with Crippen molar-refractivity contribution < 1.29 is 19.5 Å². The summed E-state index contributed by atoms with van der Waals surface area (Å²) >= 11 is 0. The fraction of sp³-hybridized carbons (Fsp3) is 0.526. The molecular weight excluding hydrogens is 376 g/mol. The molecule has 29 heavy (non-hydrogen) atoms. The lowest BCUT2D eigenvalue weighted by Gasteiger charge is -2.22. The Kier molecular flexibility index (Phi) is 6.30. The van der Waals surface area contributed by atoms with E-state index in [2.05, 4.69) is 20.8 Å². The van der Waals surface area contributed by atoms with Crippen molar-refractivity contribution in [3.05, 3.63) is 29.8 Å². The van der Waals surface area contributed by atoms with Crippen LogP contribution in [0.2, 0.25) is 0 Å². The zero-order valence-corrected chi connectivity index (χ0v) is 16.6. The molecule has 2 aromatic rings. The standard InChI is InChI=1S/C19H26N6O4/c1-3-24-11-14(16(23-24)18(27)21-13-7-5-4-6-8-13)22-17(26)15-9-10-20-25(15)12(2)19(28)29/h9-13H,3-8H2,1-2H3,(H,21,27)(H,22,26)(H,28,29). The average Bonchev–Trinajstić information content (AvgIpc) is 3.35. The van der Waals surface area contributed by atoms with Crippen molar-refractivity contribution in [1.82, 2.24) is 24.9 Å². The molecule has 2 aromatic heterocycles. The summed E-state index contributed by atoms with van der Waals surface area (Å²) in [6.07, 6.45) is 8.19. The van der Waals surface area contributed by atoms with E-state index in [0.29, 0.717) is 6.54 Å². The van der Waals surface area contributed by atoms with Crippen LogP contribution in [0.5, 0.6) is 0 Å². The molecule has 1 saturated carbocycles. The first-order valence-corrected chi connectivity index (χ1v) is 9.86. The van der Waals surface area contributed by atoms with Crippen LogP contribution in [-0.4, -0.2) is 48.5 Å². The number of carboxylic acid groups (broad SMARTS) is 1. The zero-order valence-electron chi connectivity index (χ0n) is 16.6. The Morgan fingerprint density at radius 1 is 1.24 bits per heavy atom. The van der Waals surface area contributed by atoms with E-state index in [9.17, 15) is 19.5 Å². The molecule has 2 heterocycles. The van der Waals surface area contributed by atoms with Gasteiger partial charge in [0.25, 0.3) is 11.8 Å². The number of carbonyl (C=O) groups excluding carboxylic acids is 2. The highest BCUT2D eigenvalue weighted by molar-refractivity contribution is 6.07. The summed E-state index contributed by atoms with van der Waals surface area (Å²) in [7, 11) is 0. The molecular formula is C19H26N6O4. The van der Waals surface area contributed by atoms with Gasteiger partial charge < -0.3 is 15.7 Å². The molecule has 0 bridgehead atoms. The molecule has 2 amide bonds. The molecule has 0 aliphatic heterocycles. The van der Waals surface area contributed by atoms with Gasteiger partial charge in [-0.1, -0.05) is 19.3 Å². The molecule has 3 N–H and O–H groups in total. The van der Waals surface area contributed by atoms with Gasteiger partial charge in [-0.3, -0.25) is 14.3 Å². The van der Waals surface area contributed by atoms with Gasteiger partial charge in [0.05, 0.1) is 5.69 Å². The van der Waals surface area contributed by atoms with Crippen LogP contribution in [0, 0.1) is 0 Å². The van der Waals surface area contributed by atoms with Crippen molar-refractivity contribution in [3.63, 3.8) is 0 Å². The van der Waals surface area contributed by atoms with E-state index in [-0.39, 0.29) is 29.0 Å². The van der Waals surface area contributed by atoms with Crippen LogP contribution in [0.3, 0.4) is 0 Å². The Labute approximate surface area is 168 Å². The summed E-state index contributed by atoms with van der Waals surface area (Å²) < 4.78 is 2.70. The first-order chi connectivity index (χ1) is 13.9. The number of nitrogens with one attached hydrogen (secondary N) is 2. The van der Waals surface area contributed by atoms with E-state index in [4.69, 9.17) is 0 Å². The maximum absolute atomic E-state index is 12.8. The van der Waals surface area contributed by atoms with E-state index in [1.54, 1.807) is 10.9 Å². The summed E-state index contributed by atoms with van der Waals surface area (Å²) in [5.41, 5.74) is 0.506. The van der Waals surface area contributed by atoms with Crippen LogP contribution in [0.25, 0.3) is 0 Å². The van der Waals surface area contributed by atoms with Crippen molar-refractivity contribution in [2.45, 2.75) is 64.6 Å². The van der Waals surface area contributed by atoms with Gasteiger partial charge >= 0.3 is 5.97 Å². The van der Waals surface area contributed by atoms with Gasteiger partial charge in [0.15, 0.2) is 5.69 Å². The molecule has 1 unspecified atom stereocenters. The minimum absolute atomic E-state index is 0.0859. The van der Waals surface area contributed by atoms with Crippen LogP contribution in [0.15, 0.2) is 18.5 Å². The normalized spacial score (nSPS) is 15.7. The van der Waals surface area contributed by atoms with Crippen molar-refractivity contribution in [1.29, 1.82) is 0 Å². The van der Waals surface area contributed by atoms with Crippen LogP contribution in [-0.2, 0) is 11.3 Å². The molecule has 156 valence electrons. The van der Waals surface area contributed by atoms with Crippen molar-refractivity contribution in [2.24, 2.45) is 0 Å². The number of hydrogen-bond donors (Lipinski definition) is 3. The monoisotopic (exact) mass is 402 g/mol. The first kappa shape index (κ1) is 20.6. The third-order valence-electron chi connectivity index (χ3n) is 5.12. The highest BCUT2D eigenvalue weighted by atomic mass is 16.4. The minimum Gasteiger partial charge on any atom is -0.480 e. The molecule has 1 fully saturated rings. The summed E-state index contributed by atoms with van der Waals surface area (Å²) in [5.74, 6) is -1.99. The van der Waals surface area contributed by atoms with Crippen molar-refractivity contribution in [3.8, 4) is 0 Å². The average molecular weight is 402 g/mol. The summed E-state index contributed by atoms with van der Waals surface area (Å²) in [4.78, 5) is 36.8. The molecule has 0 aromatic carbocycles. The van der Waals surface area contributed by atoms with Crippen molar-refractivity contribution >= 4 is 23.5 Å². The number of carboxylic acids is 1. The lowest BCUT2D eigenvalue weighted by Crippen LogP contribution is -2.37. The predicted octanol–water partition coefficient (Wildman–Crippen LogP) is 2.06. The number of hydrogen-bond acceptors (Lipinski definition) is 5. The lowest BCUT2D eigenvalue weighted by molar-refractivity contribution is -0.140. The highest BCUT2D eigenvalue weighted by Gasteiger charge is 2.25. The predicted molar refractivity (Wildman–Crippen MR) is 105 cm³/mol. The number of aliphatic carboxylic acids is 1. The van der Waals surface area contributed by atoms with Crippen LogP contribution < -0.4 is 10.6 Å². The summed E-state index contributed by atoms with van der Waals surface area (Å²) in [6.45, 7) is 3.85. The molecule has 1 atom stereocenters. The maximum atomic E-state index is 12.8. The lowest BCUT2D eigenvalue weighted by atomic mass is 9.95. The highest BCUT2D eigenvalue weighted by Crippen LogP contribution is 2.20. The summed E-state index contributed by atoms with van der Waals surface area (Å²) in [6, 6.07) is 0.545. The maximum Gasteiger partial charge on any atom is 0.328 e. The van der Waals surface area contributed by atoms with Gasteiger partial charge in [-0.05, 0) is 32.8 Å². The number of amides is 2. The van der Waals surface area contributed by atoms with Crippen LogP contribution in [0.1, 0.15) is 73.0 Å². The molecule has 0 saturated heterocycles. The number of rotatable bonds is 7. The van der Waals surface area contributed by atoms with Crippen LogP contribution >= 0.6 is 0 Å². The molecule has 0 radical (unpaired) electrons. The molecule has 1 aliphatic rings. The number of aryl methyl sites for hydroxylation is 1. The topological polar surface area (TPSA) is 131 Å². The second kappa shape index (κ2) is 8.89. The number of carbonyl (C=O) groups is 3. The largest absolute Gasteiger partial charge is 0.480 e. The number of nitrogens with zero attached hydrogens (tertiary/aromatic N) is 4. The van der Waals surface area contributed by atoms with Gasteiger partial charge in [-0.15, -0.1) is 0 Å². The van der Waals surface area contributed by atoms with Gasteiger partial charge in [0.1, 0.15) is 11.7 Å². The third kappa shape index (κ3) is 4.64. The molecule has 1 aliphatic carbocycles. The fourth-order valence-corrected chi connectivity index (χ4v) is 3.44. The van der Waals surface area contributed by atoms with E-state index in [1.807, 2.05) is 6.92 Å². The van der Waals surface area contributed by atoms with Gasteiger partial charge in [-0.2, -0.15) is 10.2 Å². The third-order valence-corrected chi connectivity index (χ3v) is 5.12. The Morgan fingerprint density at radius 3 is 2.62 bits per heavy atom. The van der Waals surface area contributed by atoms with E-state index in [1.165, 1.54) is 25.6 Å². The molecule has 10 nitrogen and oxygen atoms in total. The van der Waals surface area contributed by atoms with Crippen molar-refractivity contribution in [2.75, 3.05) is 5.32 Å². The van der Waals surface area contributed by atoms with E-state index in [0.717, 1.165) is 30.4 Å². The number of aromatic nitrogens is 4. The van der Waals surface area contributed by atoms with E-state index >= 15 is 0 Å². The van der Waals surface area contributed by atoms with E-state index < -0.39 is 17.9 Å². The second-order valence-corrected chi connectivity index (χ2v) is 7.18. The Morgan fingerprint density at radius 2 is 1.97 bits per heavy atom. The van der Waals surface area contributed by atoms with Crippen LogP contribution in [0.4, 0.5) is 5.69 Å². The minimum atomic E-state index is -1.10. The van der Waals surface area contributed by atoms with Gasteiger partial charge in [0.2, 0.25) is 0 Å². The Hall–Kier alpha value is -3.17. The molecule has 0 spiro atoms. The summed E-state index contributed by atoms with van der Waals surface area (Å²) in [5, 5.41) is 23.1. The Balaban J connectivity index is 1.79.